The molecule has 1 N–H and O–H groups in total. The first-order valence-corrected chi connectivity index (χ1v) is 14.9. The molecule has 200 valence electrons. The lowest BCUT2D eigenvalue weighted by Gasteiger charge is -2.33. The van der Waals surface area contributed by atoms with Gasteiger partial charge in [0.1, 0.15) is 6.04 Å². The number of nitrogens with one attached hydrogen (secondary N) is 1. The summed E-state index contributed by atoms with van der Waals surface area (Å²) in [5.41, 5.74) is 2.69. The van der Waals surface area contributed by atoms with Crippen LogP contribution in [0.1, 0.15) is 85.8 Å². The van der Waals surface area contributed by atoms with E-state index in [2.05, 4.69) is 68.0 Å². The lowest BCUT2D eigenvalue weighted by Crippen LogP contribution is -2.39. The van der Waals surface area contributed by atoms with Crippen molar-refractivity contribution in [2.75, 3.05) is 13.2 Å². The van der Waals surface area contributed by atoms with Gasteiger partial charge in [-0.2, -0.15) is 0 Å². The molecule has 2 aliphatic rings. The predicted molar refractivity (Wildman–Crippen MR) is 149 cm³/mol. The van der Waals surface area contributed by atoms with E-state index < -0.39 is 6.04 Å². The van der Waals surface area contributed by atoms with E-state index in [4.69, 9.17) is 4.74 Å². The smallest absolute Gasteiger partial charge is 0.253 e. The molecule has 1 aliphatic carbocycles. The number of H-pyrrole nitrogens is 1. The molecule has 6 rings (SSSR count). The molecule has 0 unspecified atom stereocenters. The molecule has 8 nitrogen and oxygen atoms in total. The Hall–Kier alpha value is -2.88. The molecule has 4 heterocycles. The average Bonchev–Trinajstić information content (AvgIpc) is 3.73. The first-order chi connectivity index (χ1) is 18.7. The molecule has 0 radical (unpaired) electrons. The van der Waals surface area contributed by atoms with Crippen molar-refractivity contribution in [1.29, 1.82) is 0 Å². The largest absolute Gasteiger partial charge is 0.377 e. The zero-order valence-corrected chi connectivity index (χ0v) is 22.8. The highest BCUT2D eigenvalue weighted by Crippen LogP contribution is 2.35. The number of aromatic amines is 1. The van der Waals surface area contributed by atoms with Crippen LogP contribution in [-0.4, -0.2) is 49.3 Å². The first-order valence-electron chi connectivity index (χ1n) is 14.0. The zero-order valence-electron chi connectivity index (χ0n) is 22.0. The Morgan fingerprint density at radius 2 is 2.05 bits per heavy atom. The van der Waals surface area contributed by atoms with Crippen LogP contribution in [0.2, 0.25) is 0 Å². The molecule has 0 amide bonds. The Labute approximate surface area is 227 Å². The van der Waals surface area contributed by atoms with Gasteiger partial charge in [-0.3, -0.25) is 9.69 Å². The molecule has 38 heavy (non-hydrogen) atoms. The van der Waals surface area contributed by atoms with Crippen molar-refractivity contribution in [3.8, 4) is 0 Å². The Morgan fingerprint density at radius 1 is 1.16 bits per heavy atom. The number of ether oxygens (including phenoxy) is 1. The van der Waals surface area contributed by atoms with E-state index in [-0.39, 0.29) is 17.7 Å². The second-order valence-electron chi connectivity index (χ2n) is 10.6. The van der Waals surface area contributed by atoms with Crippen molar-refractivity contribution in [3.05, 3.63) is 74.0 Å². The Morgan fingerprint density at radius 3 is 2.82 bits per heavy atom. The number of rotatable bonds is 9. The topological polar surface area (TPSA) is 88.9 Å². The summed E-state index contributed by atoms with van der Waals surface area (Å²) in [5, 5.41) is 16.4. The van der Waals surface area contributed by atoms with Crippen molar-refractivity contribution < 1.29 is 4.74 Å². The van der Waals surface area contributed by atoms with Gasteiger partial charge in [-0.1, -0.05) is 38.3 Å². The SMILES string of the molecule is CCc1ccc2[nH]c(=O)c([C@H](c3nnnn3C3CCCCC3)N(Cc3cccs3)C[C@H]3CCCO3)cc2c1. The van der Waals surface area contributed by atoms with E-state index in [1.165, 1.54) is 29.7 Å². The normalized spacial score (nSPS) is 19.5. The number of pyridine rings is 1. The number of tetrazole rings is 1. The van der Waals surface area contributed by atoms with Gasteiger partial charge in [-0.05, 0) is 83.1 Å². The minimum atomic E-state index is -0.392. The van der Waals surface area contributed by atoms with Crippen molar-refractivity contribution in [2.45, 2.75) is 83.0 Å². The van der Waals surface area contributed by atoms with Gasteiger partial charge in [-0.15, -0.1) is 16.4 Å². The van der Waals surface area contributed by atoms with Gasteiger partial charge in [-0.25, -0.2) is 4.68 Å². The van der Waals surface area contributed by atoms with E-state index in [9.17, 15) is 4.79 Å². The van der Waals surface area contributed by atoms with Gasteiger partial charge >= 0.3 is 0 Å². The fraction of sp³-hybridized carbons (Fsp3) is 0.517. The molecule has 3 aromatic heterocycles. The molecular formula is C29H36N6O2S. The maximum Gasteiger partial charge on any atom is 0.253 e. The monoisotopic (exact) mass is 532 g/mol. The molecule has 0 spiro atoms. The number of nitrogens with zero attached hydrogens (tertiary/aromatic N) is 5. The molecule has 2 atom stereocenters. The Balaban J connectivity index is 1.50. The lowest BCUT2D eigenvalue weighted by atomic mass is 9.95. The quantitative estimate of drug-likeness (QED) is 0.310. The summed E-state index contributed by atoms with van der Waals surface area (Å²) in [5.74, 6) is 0.753. The fourth-order valence-electron chi connectivity index (χ4n) is 6.08. The highest BCUT2D eigenvalue weighted by molar-refractivity contribution is 7.09. The number of benzene rings is 1. The number of aromatic nitrogens is 5. The van der Waals surface area contributed by atoms with Crippen LogP contribution in [0.25, 0.3) is 10.9 Å². The third kappa shape index (κ3) is 5.32. The van der Waals surface area contributed by atoms with Crippen LogP contribution in [-0.2, 0) is 17.7 Å². The van der Waals surface area contributed by atoms with E-state index in [1.54, 1.807) is 11.3 Å². The van der Waals surface area contributed by atoms with Crippen molar-refractivity contribution in [2.24, 2.45) is 0 Å². The molecule has 1 saturated heterocycles. The number of hydrogen-bond donors (Lipinski definition) is 1. The van der Waals surface area contributed by atoms with Gasteiger partial charge in [0.15, 0.2) is 5.82 Å². The fourth-order valence-corrected chi connectivity index (χ4v) is 6.80. The van der Waals surface area contributed by atoms with Crippen molar-refractivity contribution in [1.82, 2.24) is 30.1 Å². The number of thiophene rings is 1. The molecule has 1 aliphatic heterocycles. The number of hydrogen-bond acceptors (Lipinski definition) is 7. The lowest BCUT2D eigenvalue weighted by molar-refractivity contribution is 0.0571. The number of fused-ring (bicyclic) bond motifs is 1. The molecule has 4 aromatic rings. The van der Waals surface area contributed by atoms with Gasteiger partial charge in [0, 0.05) is 35.7 Å². The number of aryl methyl sites for hydroxylation is 1. The van der Waals surface area contributed by atoms with E-state index in [1.807, 2.05) is 10.7 Å². The van der Waals surface area contributed by atoms with Crippen LogP contribution in [0.5, 0.6) is 0 Å². The van der Waals surface area contributed by atoms with Crippen LogP contribution >= 0.6 is 11.3 Å². The van der Waals surface area contributed by atoms with E-state index in [0.717, 1.165) is 55.4 Å². The first kappa shape index (κ1) is 25.4. The highest BCUT2D eigenvalue weighted by Gasteiger charge is 2.35. The summed E-state index contributed by atoms with van der Waals surface area (Å²) in [4.78, 5) is 20.6. The van der Waals surface area contributed by atoms with E-state index >= 15 is 0 Å². The molecule has 1 aromatic carbocycles. The predicted octanol–water partition coefficient (Wildman–Crippen LogP) is 5.41. The van der Waals surface area contributed by atoms with Gasteiger partial charge < -0.3 is 9.72 Å². The standard InChI is InChI=1S/C29H36N6O2S/c1-2-20-12-13-26-21(16-20)17-25(29(36)30-26)27(28-31-32-33-35(28)22-8-4-3-5-9-22)34(18-23-10-6-14-37-23)19-24-11-7-15-38-24/h7,11-13,15-17,22-23,27H,2-6,8-10,14,18-19H2,1H3,(H,30,36)/t23-,27-/m1/s1. The van der Waals surface area contributed by atoms with Gasteiger partial charge in [0.25, 0.3) is 5.56 Å². The van der Waals surface area contributed by atoms with Crippen molar-refractivity contribution >= 4 is 22.2 Å². The third-order valence-corrected chi connectivity index (χ3v) is 8.95. The minimum absolute atomic E-state index is 0.0894. The maximum absolute atomic E-state index is 13.8. The van der Waals surface area contributed by atoms with Gasteiger partial charge in [0.05, 0.1) is 12.1 Å². The van der Waals surface area contributed by atoms with Crippen LogP contribution < -0.4 is 5.56 Å². The summed E-state index contributed by atoms with van der Waals surface area (Å²) >= 11 is 1.74. The highest BCUT2D eigenvalue weighted by atomic mass is 32.1. The minimum Gasteiger partial charge on any atom is -0.377 e. The summed E-state index contributed by atoms with van der Waals surface area (Å²) in [7, 11) is 0. The summed E-state index contributed by atoms with van der Waals surface area (Å²) in [6.07, 6.45) is 8.91. The molecular weight excluding hydrogens is 496 g/mol. The zero-order chi connectivity index (χ0) is 25.9. The molecule has 2 fully saturated rings. The van der Waals surface area contributed by atoms with Crippen molar-refractivity contribution in [3.63, 3.8) is 0 Å². The van der Waals surface area contributed by atoms with Gasteiger partial charge in [0.2, 0.25) is 0 Å². The second kappa shape index (κ2) is 11.5. The summed E-state index contributed by atoms with van der Waals surface area (Å²) in [6, 6.07) is 12.4. The van der Waals surface area contributed by atoms with E-state index in [0.29, 0.717) is 18.7 Å². The summed E-state index contributed by atoms with van der Waals surface area (Å²) in [6.45, 7) is 4.36. The molecule has 9 heteroatoms. The van der Waals surface area contributed by atoms with Crippen LogP contribution in [0.15, 0.2) is 46.6 Å². The Kier molecular flexibility index (Phi) is 7.67. The van der Waals surface area contributed by atoms with Crippen LogP contribution in [0.3, 0.4) is 0 Å². The van der Waals surface area contributed by atoms with Crippen LogP contribution in [0.4, 0.5) is 0 Å². The molecule has 0 bridgehead atoms. The summed E-state index contributed by atoms with van der Waals surface area (Å²) < 4.78 is 8.12. The Bertz CT molecular complexity index is 1400. The van der Waals surface area contributed by atoms with Crippen LogP contribution in [0, 0.1) is 0 Å². The molecule has 1 saturated carbocycles. The average molecular weight is 533 g/mol. The maximum atomic E-state index is 13.8. The second-order valence-corrected chi connectivity index (χ2v) is 11.7. The third-order valence-electron chi connectivity index (χ3n) is 8.09.